The maximum absolute atomic E-state index is 13.9. The van der Waals surface area contributed by atoms with Gasteiger partial charge in [0.05, 0.1) is 61.8 Å². The van der Waals surface area contributed by atoms with Gasteiger partial charge in [0.25, 0.3) is 5.97 Å². The molecule has 20 aromatic rings. The number of ether oxygens (including phenoxy) is 1. The number of carboxylic acid groups (broad SMARTS) is 1. The number of hydrogen-bond donors (Lipinski definition) is 4. The molecule has 4 aromatic heterocycles. The van der Waals surface area contributed by atoms with E-state index in [1.807, 2.05) is 115 Å². The van der Waals surface area contributed by atoms with E-state index < -0.39 is 22.0 Å². The minimum atomic E-state index is -4.67. The molecule has 1 saturated heterocycles. The summed E-state index contributed by atoms with van der Waals surface area (Å²) in [7, 11) is -4.67. The molecule has 23 rings (SSSR count). The van der Waals surface area contributed by atoms with E-state index in [-0.39, 0.29) is 24.6 Å². The summed E-state index contributed by atoms with van der Waals surface area (Å²) in [4.78, 5) is 43.2. The van der Waals surface area contributed by atoms with Crippen LogP contribution in [0.5, 0.6) is 0 Å². The summed E-state index contributed by atoms with van der Waals surface area (Å²) in [5.74, 6) is 0.351. The molecule has 1 aliphatic heterocycles. The first-order chi connectivity index (χ1) is 64.9. The van der Waals surface area contributed by atoms with Gasteiger partial charge in [0.2, 0.25) is 0 Å². The van der Waals surface area contributed by atoms with Gasteiger partial charge in [-0.2, -0.15) is 14.8 Å². The number of carbonyl (C=O) groups excluding carboxylic acids is 1. The van der Waals surface area contributed by atoms with Crippen molar-refractivity contribution < 1.29 is 60.9 Å². The molecule has 5 heterocycles. The average Bonchev–Trinajstić information content (AvgIpc) is 1.53. The molecule has 0 amide bonds. The van der Waals surface area contributed by atoms with Crippen molar-refractivity contribution in [3.05, 3.63) is 452 Å². The number of halogens is 1. The number of carboxylic acids is 1. The molecule has 15 nitrogen and oxygen atoms in total. The molecule has 1 atom stereocenters. The van der Waals surface area contributed by atoms with Crippen LogP contribution in [0, 0.1) is 6.92 Å². The molecular formula is C116H92BrLiN6O9S. The van der Waals surface area contributed by atoms with Crippen molar-refractivity contribution in [1.29, 1.82) is 0 Å². The third-order valence-electron chi connectivity index (χ3n) is 23.4. The minimum Gasteiger partial charge on any atom is -0.481 e. The number of carbonyl (C=O) groups is 2. The van der Waals surface area contributed by atoms with E-state index in [2.05, 4.69) is 336 Å². The second-order valence-corrected chi connectivity index (χ2v) is 33.7. The Balaban J connectivity index is 0.000000144. The van der Waals surface area contributed by atoms with Crippen molar-refractivity contribution in [2.75, 3.05) is 13.2 Å². The number of unbranched alkanes of at least 4 members (excludes halogenated alkanes) is 1. The number of nitrogens with zero attached hydrogens (tertiary/aromatic N) is 6. The van der Waals surface area contributed by atoms with Crippen molar-refractivity contribution in [1.82, 2.24) is 29.1 Å². The molecule has 0 radical (unpaired) electrons. The first-order valence-electron chi connectivity index (χ1n) is 44.0. The van der Waals surface area contributed by atoms with Crippen molar-refractivity contribution >= 4 is 81.7 Å². The van der Waals surface area contributed by atoms with E-state index in [1.54, 1.807) is 0 Å². The van der Waals surface area contributed by atoms with Gasteiger partial charge in [-0.05, 0) is 116 Å². The SMILES string of the molecule is Brc1ccccc1-n1c2ccccc2c2ccccc21.C1CCOC1.CC(=O)O.O=C1c2ccccc2-c2nc(-c3ccc(-c4ccccc4)cc3)nc(-c3ccc(-c4ccccc4)cc3)c21.O=S(=O)(O)O.OC1(c2ccccc2-n2c3ccccc3c3ccccc32)c2ccccc2-c2nc(-c3ccc(-c4ccccc4)cc3)nc(-c3ccc(-c4ccccc4)cc3)c21.[CH2-]CCC.[Li+]. The molecular weight excluding hydrogens is 1740 g/mol. The molecule has 1 unspecified atom stereocenters. The van der Waals surface area contributed by atoms with Crippen LogP contribution in [0.3, 0.4) is 0 Å². The molecule has 3 aliphatic rings. The first kappa shape index (κ1) is 92.6. The smallest absolute Gasteiger partial charge is 0.481 e. The van der Waals surface area contributed by atoms with Crippen molar-refractivity contribution in [3.63, 3.8) is 0 Å². The number of aliphatic carboxylic acids is 1. The summed E-state index contributed by atoms with van der Waals surface area (Å²) in [5, 5.41) is 26.2. The average molecular weight is 1830 g/mol. The van der Waals surface area contributed by atoms with Crippen molar-refractivity contribution in [2.45, 2.75) is 45.1 Å². The molecule has 16 aromatic carbocycles. The first-order valence-corrected chi connectivity index (χ1v) is 46.1. The Morgan fingerprint density at radius 2 is 0.657 bits per heavy atom. The zero-order chi connectivity index (χ0) is 92.0. The van der Waals surface area contributed by atoms with Gasteiger partial charge in [-0.15, -0.1) is 0 Å². The Morgan fingerprint density at radius 1 is 0.373 bits per heavy atom. The fraction of sp³-hybridized carbons (Fsp3) is 0.0776. The van der Waals surface area contributed by atoms with Gasteiger partial charge >= 0.3 is 29.3 Å². The van der Waals surface area contributed by atoms with Crippen LogP contribution in [0.1, 0.15) is 72.1 Å². The van der Waals surface area contributed by atoms with Gasteiger partial charge in [-0.3, -0.25) is 18.7 Å². The maximum atomic E-state index is 13.9. The molecule has 4 N–H and O–H groups in total. The van der Waals surface area contributed by atoms with Crippen LogP contribution in [-0.4, -0.2) is 81.8 Å². The summed E-state index contributed by atoms with van der Waals surface area (Å²) >= 11 is 3.67. The Morgan fingerprint density at radius 3 is 1.04 bits per heavy atom. The van der Waals surface area contributed by atoms with Gasteiger partial charge in [0.1, 0.15) is 5.60 Å². The maximum Gasteiger partial charge on any atom is 1.00 e. The molecule has 0 bridgehead atoms. The monoisotopic (exact) mass is 1830 g/mol. The van der Waals surface area contributed by atoms with E-state index in [0.29, 0.717) is 45.4 Å². The van der Waals surface area contributed by atoms with Crippen LogP contribution >= 0.6 is 15.9 Å². The number of para-hydroxylation sites is 6. The Bertz CT molecular complexity index is 7550. The third-order valence-corrected chi connectivity index (χ3v) is 24.1. The fourth-order valence-electron chi connectivity index (χ4n) is 17.3. The third kappa shape index (κ3) is 20.0. The topological polar surface area (TPSA) is 220 Å². The zero-order valence-electron chi connectivity index (χ0n) is 74.0. The Kier molecular flexibility index (Phi) is 29.2. The van der Waals surface area contributed by atoms with Crippen molar-refractivity contribution in [3.8, 4) is 124 Å². The second kappa shape index (κ2) is 42.2. The van der Waals surface area contributed by atoms with E-state index in [9.17, 15) is 9.90 Å². The summed E-state index contributed by atoms with van der Waals surface area (Å²) in [6.45, 7) is 8.81. The second-order valence-electron chi connectivity index (χ2n) is 32.0. The van der Waals surface area contributed by atoms with Gasteiger partial charge < -0.3 is 31.0 Å². The predicted octanol–water partition coefficient (Wildman–Crippen LogP) is 25.3. The summed E-state index contributed by atoms with van der Waals surface area (Å²) in [5.41, 5.74) is 25.8. The zero-order valence-corrected chi connectivity index (χ0v) is 76.4. The van der Waals surface area contributed by atoms with Gasteiger partial charge in [0, 0.05) is 102 Å². The molecule has 2 aliphatic carbocycles. The van der Waals surface area contributed by atoms with Gasteiger partial charge in [-0.1, -0.05) is 383 Å². The summed E-state index contributed by atoms with van der Waals surface area (Å²) in [6.07, 6.45) is 4.83. The largest absolute Gasteiger partial charge is 1.00 e. The number of benzene rings is 16. The van der Waals surface area contributed by atoms with Crippen LogP contribution in [0.4, 0.5) is 0 Å². The van der Waals surface area contributed by atoms with E-state index >= 15 is 0 Å². The number of aliphatic hydroxyl groups is 1. The number of aromatic nitrogens is 6. The van der Waals surface area contributed by atoms with Crippen LogP contribution in [0.25, 0.3) is 167 Å². The predicted molar refractivity (Wildman–Crippen MR) is 541 cm³/mol. The van der Waals surface area contributed by atoms with Crippen LogP contribution < -0.4 is 18.9 Å². The van der Waals surface area contributed by atoms with Gasteiger partial charge in [-0.25, -0.2) is 19.9 Å². The van der Waals surface area contributed by atoms with Crippen LogP contribution in [0.2, 0.25) is 0 Å². The summed E-state index contributed by atoms with van der Waals surface area (Å²) < 4.78 is 42.2. The molecule has 654 valence electrons. The molecule has 134 heavy (non-hydrogen) atoms. The Labute approximate surface area is 799 Å². The number of fused-ring (bicyclic) bond motifs is 12. The standard InChI is InChI=1S/C53H35N3O.C35H22N2O.C18H12BrN.C4H8O.C4H9.C2H4O2.Li.H2O4S/c57-53(45-23-11-14-26-48(45)56-46-24-12-8-19-41(46)42-20-9-13-25-47(42)56)44-22-10-7-21-43(44)51-49(53)50(39-31-27-37(28-32-39)35-15-3-1-4-16-35)54-52(55-51)40-33-29-38(30-34-40)36-17-5-2-6-18-36;38-34-30-14-8-7-13-29(30)33-31(34)32(27-19-15-25(16-20-27)23-9-3-1-4-10-23)36-35(37-33)28-21-17-26(18-22-28)24-11-5-2-6-12-24;19-15-9-3-6-12-18(15)20-16-10-4-1-7-13(16)14-8-2-5-11-17(14)20;1-2-4-5-3-1;1-3-4-2;1-2(3)4;;1-5(2,3)4/h1-34,57H;1-22H;1-12H;1-4H2;1,3-4H2,2H3;1H3,(H,3,4);;(H2,1,2,3,4)/q;;;;-1;;+1;. The molecule has 18 heteroatoms. The molecule has 1 fully saturated rings. The normalized spacial score (nSPS) is 12.9. The van der Waals surface area contributed by atoms with Crippen molar-refractivity contribution in [2.24, 2.45) is 0 Å². The summed E-state index contributed by atoms with van der Waals surface area (Å²) in [6, 6.07) is 141. The number of ketones is 1. The molecule has 0 saturated carbocycles. The number of hydrogen-bond acceptors (Lipinski definition) is 10. The van der Waals surface area contributed by atoms with E-state index in [4.69, 9.17) is 52.1 Å². The van der Waals surface area contributed by atoms with Gasteiger partial charge in [0.15, 0.2) is 17.4 Å². The number of rotatable bonds is 12. The van der Waals surface area contributed by atoms with Crippen LogP contribution in [0.15, 0.2) is 417 Å². The van der Waals surface area contributed by atoms with E-state index in [1.165, 1.54) is 46.8 Å². The van der Waals surface area contributed by atoms with E-state index in [0.717, 1.165) is 153 Å². The fourth-order valence-corrected chi connectivity index (χ4v) is 17.7. The minimum absolute atomic E-state index is 0. The quantitative estimate of drug-likeness (QED) is 0.0509. The Hall–Kier alpha value is -14.7. The van der Waals surface area contributed by atoms with Crippen LogP contribution in [-0.2, 0) is 25.5 Å². The molecule has 0 spiro atoms.